The van der Waals surface area contributed by atoms with E-state index >= 15 is 0 Å². The van der Waals surface area contributed by atoms with Crippen molar-refractivity contribution in [1.82, 2.24) is 0 Å². The number of nitrogens with one attached hydrogen (secondary N) is 1. The van der Waals surface area contributed by atoms with E-state index in [1.807, 2.05) is 37.4 Å². The molecule has 0 aliphatic carbocycles. The largest absolute Gasteiger partial charge is 0.497 e. The van der Waals surface area contributed by atoms with Crippen LogP contribution in [-0.4, -0.2) is 34.5 Å². The maximum Gasteiger partial charge on any atom is 0.184 e. The molecular weight excluding hydrogens is 438 g/mol. The monoisotopic (exact) mass is 473 g/mol. The highest BCUT2D eigenvalue weighted by molar-refractivity contribution is 5.77. The van der Waals surface area contributed by atoms with Gasteiger partial charge < -0.3 is 24.3 Å². The SMILES string of the molecule is CCC(C)Oc1c(NC)cc(/C=C/c2ccc(/C=C/c3cc(OC)cc(OC)c3)cc2)cc1OC. The summed E-state index contributed by atoms with van der Waals surface area (Å²) in [5.41, 5.74) is 5.16. The molecule has 0 aliphatic rings. The molecule has 184 valence electrons. The Morgan fingerprint density at radius 1 is 0.714 bits per heavy atom. The van der Waals surface area contributed by atoms with E-state index < -0.39 is 0 Å². The summed E-state index contributed by atoms with van der Waals surface area (Å²) in [4.78, 5) is 0. The second-order valence-corrected chi connectivity index (χ2v) is 8.17. The zero-order chi connectivity index (χ0) is 25.2. The van der Waals surface area contributed by atoms with Crippen molar-refractivity contribution >= 4 is 30.0 Å². The van der Waals surface area contributed by atoms with Crippen molar-refractivity contribution in [3.05, 3.63) is 76.9 Å². The van der Waals surface area contributed by atoms with Gasteiger partial charge in [0.05, 0.1) is 33.1 Å². The highest BCUT2D eigenvalue weighted by atomic mass is 16.5. The van der Waals surface area contributed by atoms with Gasteiger partial charge in [-0.05, 0) is 59.9 Å². The molecule has 0 radical (unpaired) electrons. The van der Waals surface area contributed by atoms with E-state index in [0.29, 0.717) is 5.75 Å². The van der Waals surface area contributed by atoms with Gasteiger partial charge in [-0.25, -0.2) is 0 Å². The quantitative estimate of drug-likeness (QED) is 0.297. The Balaban J connectivity index is 1.75. The van der Waals surface area contributed by atoms with Crippen LogP contribution in [0, 0.1) is 0 Å². The molecule has 0 bridgehead atoms. The second-order valence-electron chi connectivity index (χ2n) is 8.17. The third-order valence-electron chi connectivity index (χ3n) is 5.71. The van der Waals surface area contributed by atoms with Gasteiger partial charge in [0.15, 0.2) is 11.5 Å². The van der Waals surface area contributed by atoms with Gasteiger partial charge in [0.25, 0.3) is 0 Å². The lowest BCUT2D eigenvalue weighted by atomic mass is 10.1. The van der Waals surface area contributed by atoms with Gasteiger partial charge in [0.1, 0.15) is 11.5 Å². The van der Waals surface area contributed by atoms with Gasteiger partial charge in [0, 0.05) is 13.1 Å². The van der Waals surface area contributed by atoms with E-state index in [1.165, 1.54) is 0 Å². The highest BCUT2D eigenvalue weighted by Gasteiger charge is 2.14. The molecule has 0 heterocycles. The van der Waals surface area contributed by atoms with Crippen molar-refractivity contribution in [1.29, 1.82) is 0 Å². The van der Waals surface area contributed by atoms with Crippen molar-refractivity contribution in [2.75, 3.05) is 33.7 Å². The lowest BCUT2D eigenvalue weighted by molar-refractivity contribution is 0.209. The van der Waals surface area contributed by atoms with Crippen LogP contribution in [0.25, 0.3) is 24.3 Å². The summed E-state index contributed by atoms with van der Waals surface area (Å²) >= 11 is 0. The molecule has 0 fully saturated rings. The number of anilines is 1. The number of hydrogen-bond donors (Lipinski definition) is 1. The molecule has 5 nitrogen and oxygen atoms in total. The predicted octanol–water partition coefficient (Wildman–Crippen LogP) is 7.27. The summed E-state index contributed by atoms with van der Waals surface area (Å²) in [5, 5.41) is 3.23. The van der Waals surface area contributed by atoms with E-state index in [1.54, 1.807) is 21.3 Å². The maximum absolute atomic E-state index is 6.09. The van der Waals surface area contributed by atoms with E-state index in [-0.39, 0.29) is 6.10 Å². The lowest BCUT2D eigenvalue weighted by Gasteiger charge is -2.19. The minimum atomic E-state index is 0.107. The van der Waals surface area contributed by atoms with Gasteiger partial charge in [0.2, 0.25) is 0 Å². The van der Waals surface area contributed by atoms with Crippen molar-refractivity contribution in [2.45, 2.75) is 26.4 Å². The zero-order valence-corrected chi connectivity index (χ0v) is 21.4. The number of hydrogen-bond acceptors (Lipinski definition) is 5. The van der Waals surface area contributed by atoms with Crippen LogP contribution in [0.3, 0.4) is 0 Å². The molecular formula is C30H35NO4. The first-order chi connectivity index (χ1) is 17.0. The molecule has 1 atom stereocenters. The number of rotatable bonds is 11. The minimum Gasteiger partial charge on any atom is -0.497 e. The molecule has 0 aromatic heterocycles. The molecule has 0 amide bonds. The van der Waals surface area contributed by atoms with Crippen molar-refractivity contribution in [3.63, 3.8) is 0 Å². The minimum absolute atomic E-state index is 0.107. The molecule has 1 unspecified atom stereocenters. The van der Waals surface area contributed by atoms with E-state index in [9.17, 15) is 0 Å². The van der Waals surface area contributed by atoms with Crippen LogP contribution in [-0.2, 0) is 0 Å². The van der Waals surface area contributed by atoms with Crippen molar-refractivity contribution in [2.24, 2.45) is 0 Å². The topological polar surface area (TPSA) is 49.0 Å². The molecule has 0 spiro atoms. The summed E-state index contributed by atoms with van der Waals surface area (Å²) < 4.78 is 22.4. The summed E-state index contributed by atoms with van der Waals surface area (Å²) in [5.74, 6) is 2.99. The predicted molar refractivity (Wildman–Crippen MR) is 147 cm³/mol. The van der Waals surface area contributed by atoms with Crippen molar-refractivity contribution < 1.29 is 18.9 Å². The first kappa shape index (κ1) is 25.8. The lowest BCUT2D eigenvalue weighted by Crippen LogP contribution is -2.12. The van der Waals surface area contributed by atoms with E-state index in [0.717, 1.165) is 51.6 Å². The Hall–Kier alpha value is -3.86. The van der Waals surface area contributed by atoms with E-state index in [4.69, 9.17) is 18.9 Å². The first-order valence-corrected chi connectivity index (χ1v) is 11.7. The van der Waals surface area contributed by atoms with Crippen LogP contribution in [0.4, 0.5) is 5.69 Å². The van der Waals surface area contributed by atoms with Crippen LogP contribution in [0.15, 0.2) is 54.6 Å². The fourth-order valence-electron chi connectivity index (χ4n) is 3.49. The molecule has 5 heteroatoms. The Kier molecular flexibility index (Phi) is 9.24. The first-order valence-electron chi connectivity index (χ1n) is 11.7. The van der Waals surface area contributed by atoms with Gasteiger partial charge in [-0.15, -0.1) is 0 Å². The molecule has 3 aromatic carbocycles. The molecule has 1 N–H and O–H groups in total. The Bertz CT molecular complexity index is 1120. The second kappa shape index (κ2) is 12.6. The number of ether oxygens (including phenoxy) is 4. The summed E-state index contributed by atoms with van der Waals surface area (Å²) in [6.07, 6.45) is 9.31. The molecule has 0 aliphatic heterocycles. The summed E-state index contributed by atoms with van der Waals surface area (Å²) in [7, 11) is 6.86. The van der Waals surface area contributed by atoms with Crippen LogP contribution in [0.1, 0.15) is 42.5 Å². The Morgan fingerprint density at radius 3 is 1.69 bits per heavy atom. The van der Waals surface area contributed by atoms with Gasteiger partial charge in [-0.2, -0.15) is 0 Å². The van der Waals surface area contributed by atoms with Crippen molar-refractivity contribution in [3.8, 4) is 23.0 Å². The maximum atomic E-state index is 6.09. The molecule has 3 aromatic rings. The summed E-state index contributed by atoms with van der Waals surface area (Å²) in [6.45, 7) is 4.16. The Labute approximate surface area is 209 Å². The fourth-order valence-corrected chi connectivity index (χ4v) is 3.49. The third-order valence-corrected chi connectivity index (χ3v) is 5.71. The van der Waals surface area contributed by atoms with Gasteiger partial charge in [-0.3, -0.25) is 0 Å². The average Bonchev–Trinajstić information content (AvgIpc) is 2.91. The molecule has 3 rings (SSSR count). The smallest absolute Gasteiger partial charge is 0.184 e. The summed E-state index contributed by atoms with van der Waals surface area (Å²) in [6, 6.07) is 18.3. The van der Waals surface area contributed by atoms with Crippen LogP contribution < -0.4 is 24.3 Å². The standard InChI is InChI=1S/C30H35NO4/c1-7-21(2)35-30-28(31-3)18-25(19-29(30)34-6)15-13-23-10-8-22(9-11-23)12-14-24-16-26(32-4)20-27(17-24)33-5/h8-21,31H,7H2,1-6H3/b14-12+,15-13+. The molecule has 35 heavy (non-hydrogen) atoms. The van der Waals surface area contributed by atoms with Crippen LogP contribution in [0.2, 0.25) is 0 Å². The average molecular weight is 474 g/mol. The van der Waals surface area contributed by atoms with Gasteiger partial charge in [-0.1, -0.05) is 55.5 Å². The van der Waals surface area contributed by atoms with Crippen LogP contribution >= 0.6 is 0 Å². The van der Waals surface area contributed by atoms with Crippen LogP contribution in [0.5, 0.6) is 23.0 Å². The van der Waals surface area contributed by atoms with E-state index in [2.05, 4.69) is 67.7 Å². The van der Waals surface area contributed by atoms with Gasteiger partial charge >= 0.3 is 0 Å². The normalized spacial score (nSPS) is 12.1. The third kappa shape index (κ3) is 7.06. The fraction of sp³-hybridized carbons (Fsp3) is 0.267. The highest BCUT2D eigenvalue weighted by Crippen LogP contribution is 2.38. The number of methoxy groups -OCH3 is 3. The number of benzene rings is 3. The zero-order valence-electron chi connectivity index (χ0n) is 21.4. The molecule has 0 saturated carbocycles. The molecule has 0 saturated heterocycles. The Morgan fingerprint density at radius 2 is 1.23 bits per heavy atom.